The van der Waals surface area contributed by atoms with E-state index in [0.29, 0.717) is 21.6 Å². The number of aromatic nitrogens is 3. The Hall–Kier alpha value is -2.37. The molecule has 0 amide bonds. The van der Waals surface area contributed by atoms with Crippen LogP contribution in [0.15, 0.2) is 48.5 Å². The van der Waals surface area contributed by atoms with E-state index >= 15 is 0 Å². The van der Waals surface area contributed by atoms with Crippen LogP contribution in [-0.4, -0.2) is 15.0 Å². The number of rotatable bonds is 3. The largest absolute Gasteiger partial charge is 0.423 e. The van der Waals surface area contributed by atoms with Gasteiger partial charge in [-0.25, -0.2) is 0 Å². The number of halogens is 2. The standard InChI is InChI=1S/C15H10Cl2N4O/c16-10-6-7-12(11(17)8-10)22-15-20-13(19-14(18)21-15)9-4-2-1-3-5-9/h1-8H,(H2,18,19,20,21). The quantitative estimate of drug-likeness (QED) is 0.777. The summed E-state index contributed by atoms with van der Waals surface area (Å²) in [5.74, 6) is 0.873. The molecule has 5 nitrogen and oxygen atoms in total. The van der Waals surface area contributed by atoms with Crippen LogP contribution in [0.3, 0.4) is 0 Å². The molecule has 22 heavy (non-hydrogen) atoms. The first-order valence-electron chi connectivity index (χ1n) is 6.32. The van der Waals surface area contributed by atoms with Crippen molar-refractivity contribution in [2.75, 3.05) is 5.73 Å². The molecule has 0 radical (unpaired) electrons. The first-order chi connectivity index (χ1) is 10.6. The van der Waals surface area contributed by atoms with Crippen LogP contribution < -0.4 is 10.5 Å². The summed E-state index contributed by atoms with van der Waals surface area (Å²) in [6, 6.07) is 14.3. The van der Waals surface area contributed by atoms with E-state index in [1.807, 2.05) is 30.3 Å². The van der Waals surface area contributed by atoms with Gasteiger partial charge in [-0.2, -0.15) is 15.0 Å². The molecule has 1 heterocycles. The van der Waals surface area contributed by atoms with Gasteiger partial charge in [0.25, 0.3) is 0 Å². The summed E-state index contributed by atoms with van der Waals surface area (Å²) in [5, 5.41) is 0.866. The molecular weight excluding hydrogens is 323 g/mol. The maximum absolute atomic E-state index is 6.06. The third kappa shape index (κ3) is 3.27. The lowest BCUT2D eigenvalue weighted by molar-refractivity contribution is 0.442. The normalized spacial score (nSPS) is 10.5. The number of benzene rings is 2. The molecular formula is C15H10Cl2N4O. The number of hydrogen-bond acceptors (Lipinski definition) is 5. The van der Waals surface area contributed by atoms with Crippen molar-refractivity contribution in [3.63, 3.8) is 0 Å². The first-order valence-corrected chi connectivity index (χ1v) is 7.07. The van der Waals surface area contributed by atoms with Crippen molar-refractivity contribution < 1.29 is 4.74 Å². The van der Waals surface area contributed by atoms with Crippen LogP contribution in [0, 0.1) is 0 Å². The van der Waals surface area contributed by atoms with Crippen molar-refractivity contribution in [1.29, 1.82) is 0 Å². The number of ether oxygens (including phenoxy) is 1. The minimum absolute atomic E-state index is 0.0638. The maximum Gasteiger partial charge on any atom is 0.327 e. The summed E-state index contributed by atoms with van der Waals surface area (Å²) in [4.78, 5) is 12.3. The molecule has 3 aromatic rings. The van der Waals surface area contributed by atoms with Gasteiger partial charge in [-0.1, -0.05) is 53.5 Å². The molecule has 0 saturated heterocycles. The Bertz CT molecular complexity index is 812. The molecule has 0 aliphatic carbocycles. The van der Waals surface area contributed by atoms with Crippen molar-refractivity contribution in [3.05, 3.63) is 58.6 Å². The third-order valence-corrected chi connectivity index (χ3v) is 3.29. The lowest BCUT2D eigenvalue weighted by Gasteiger charge is -2.08. The highest BCUT2D eigenvalue weighted by atomic mass is 35.5. The van der Waals surface area contributed by atoms with E-state index in [-0.39, 0.29) is 12.0 Å². The number of nitrogens with zero attached hydrogens (tertiary/aromatic N) is 3. The number of hydrogen-bond donors (Lipinski definition) is 1. The number of nitrogen functional groups attached to an aromatic ring is 1. The highest BCUT2D eigenvalue weighted by Gasteiger charge is 2.10. The molecule has 2 aromatic carbocycles. The lowest BCUT2D eigenvalue weighted by atomic mass is 10.2. The van der Waals surface area contributed by atoms with E-state index in [4.69, 9.17) is 33.7 Å². The van der Waals surface area contributed by atoms with E-state index in [2.05, 4.69) is 15.0 Å². The fourth-order valence-electron chi connectivity index (χ4n) is 1.79. The summed E-state index contributed by atoms with van der Waals surface area (Å²) in [6.07, 6.45) is 0. The highest BCUT2D eigenvalue weighted by molar-refractivity contribution is 6.35. The van der Waals surface area contributed by atoms with Gasteiger partial charge >= 0.3 is 6.01 Å². The molecule has 0 saturated carbocycles. The van der Waals surface area contributed by atoms with E-state index in [1.54, 1.807) is 18.2 Å². The number of nitrogens with two attached hydrogens (primary N) is 1. The molecule has 0 unspecified atom stereocenters. The average molecular weight is 333 g/mol. The number of anilines is 1. The molecule has 0 atom stereocenters. The Morgan fingerprint density at radius 2 is 1.68 bits per heavy atom. The maximum atomic E-state index is 6.06. The predicted molar refractivity (Wildman–Crippen MR) is 86.2 cm³/mol. The van der Waals surface area contributed by atoms with E-state index in [9.17, 15) is 0 Å². The Kier molecular flexibility index (Phi) is 4.09. The summed E-state index contributed by atoms with van der Waals surface area (Å²) in [7, 11) is 0. The Labute approximate surface area is 136 Å². The van der Waals surface area contributed by atoms with Gasteiger partial charge < -0.3 is 10.5 Å². The van der Waals surface area contributed by atoms with E-state index in [0.717, 1.165) is 5.56 Å². The van der Waals surface area contributed by atoms with E-state index in [1.165, 1.54) is 0 Å². The van der Waals surface area contributed by atoms with E-state index < -0.39 is 0 Å². The van der Waals surface area contributed by atoms with Gasteiger partial charge in [-0.05, 0) is 18.2 Å². The van der Waals surface area contributed by atoms with Gasteiger partial charge in [-0.15, -0.1) is 0 Å². The van der Waals surface area contributed by atoms with Crippen LogP contribution in [0.2, 0.25) is 10.0 Å². The molecule has 0 spiro atoms. The fourth-order valence-corrected chi connectivity index (χ4v) is 2.24. The van der Waals surface area contributed by atoms with Gasteiger partial charge in [0.15, 0.2) is 5.82 Å². The zero-order valence-electron chi connectivity index (χ0n) is 11.2. The molecule has 0 aliphatic rings. The zero-order valence-corrected chi connectivity index (χ0v) is 12.7. The average Bonchev–Trinajstić information content (AvgIpc) is 2.50. The van der Waals surface area contributed by atoms with Crippen molar-refractivity contribution in [2.45, 2.75) is 0 Å². The van der Waals surface area contributed by atoms with Crippen molar-refractivity contribution in [1.82, 2.24) is 15.0 Å². The molecule has 2 N–H and O–H groups in total. The monoisotopic (exact) mass is 332 g/mol. The van der Waals surface area contributed by atoms with Gasteiger partial charge in [0.05, 0.1) is 5.02 Å². The molecule has 110 valence electrons. The third-order valence-electron chi connectivity index (χ3n) is 2.76. The molecule has 3 rings (SSSR count). The summed E-state index contributed by atoms with van der Waals surface area (Å²) >= 11 is 11.9. The Morgan fingerprint density at radius 3 is 2.41 bits per heavy atom. The van der Waals surface area contributed by atoms with Crippen LogP contribution >= 0.6 is 23.2 Å². The summed E-state index contributed by atoms with van der Waals surface area (Å²) in [5.41, 5.74) is 6.53. The predicted octanol–water partition coefficient (Wildman–Crippen LogP) is 4.22. The highest BCUT2D eigenvalue weighted by Crippen LogP contribution is 2.30. The fraction of sp³-hybridized carbons (Fsp3) is 0. The van der Waals surface area contributed by atoms with Crippen LogP contribution in [0.5, 0.6) is 11.8 Å². The van der Waals surface area contributed by atoms with Gasteiger partial charge in [-0.3, -0.25) is 0 Å². The topological polar surface area (TPSA) is 73.9 Å². The smallest absolute Gasteiger partial charge is 0.327 e. The van der Waals surface area contributed by atoms with Gasteiger partial charge in [0.1, 0.15) is 5.75 Å². The van der Waals surface area contributed by atoms with Gasteiger partial charge in [0, 0.05) is 10.6 Å². The minimum Gasteiger partial charge on any atom is -0.423 e. The lowest BCUT2D eigenvalue weighted by Crippen LogP contribution is -2.02. The molecule has 0 fully saturated rings. The molecule has 0 bridgehead atoms. The van der Waals surface area contributed by atoms with Gasteiger partial charge in [0.2, 0.25) is 5.95 Å². The van der Waals surface area contributed by atoms with Crippen LogP contribution in [0.1, 0.15) is 0 Å². The van der Waals surface area contributed by atoms with Crippen molar-refractivity contribution in [3.8, 4) is 23.1 Å². The first kappa shape index (κ1) is 14.6. The second-order valence-electron chi connectivity index (χ2n) is 4.34. The molecule has 7 heteroatoms. The Morgan fingerprint density at radius 1 is 0.909 bits per heavy atom. The second-order valence-corrected chi connectivity index (χ2v) is 5.19. The SMILES string of the molecule is Nc1nc(Oc2ccc(Cl)cc2Cl)nc(-c2ccccc2)n1. The zero-order chi connectivity index (χ0) is 15.5. The molecule has 0 aliphatic heterocycles. The second kappa shape index (κ2) is 6.17. The van der Waals surface area contributed by atoms with Crippen molar-refractivity contribution in [2.24, 2.45) is 0 Å². The Balaban J connectivity index is 1.96. The summed E-state index contributed by atoms with van der Waals surface area (Å²) in [6.45, 7) is 0. The van der Waals surface area contributed by atoms with Crippen LogP contribution in [0.25, 0.3) is 11.4 Å². The van der Waals surface area contributed by atoms with Crippen LogP contribution in [-0.2, 0) is 0 Å². The van der Waals surface area contributed by atoms with Crippen molar-refractivity contribution >= 4 is 29.2 Å². The molecule has 1 aromatic heterocycles. The minimum atomic E-state index is 0.0638. The van der Waals surface area contributed by atoms with Crippen LogP contribution in [0.4, 0.5) is 5.95 Å². The summed E-state index contributed by atoms with van der Waals surface area (Å²) < 4.78 is 5.57.